The summed E-state index contributed by atoms with van der Waals surface area (Å²) in [5.74, 6) is 1.36. The molecule has 0 aliphatic rings. The number of carbonyl (C=O) groups is 1. The van der Waals surface area contributed by atoms with Gasteiger partial charge in [-0.2, -0.15) is 0 Å². The minimum absolute atomic E-state index is 0.0723. The minimum atomic E-state index is -0.0723. The highest BCUT2D eigenvalue weighted by molar-refractivity contribution is 7.22. The molecule has 1 heterocycles. The molecule has 0 fully saturated rings. The molecule has 142 valence electrons. The van der Waals surface area contributed by atoms with Gasteiger partial charge >= 0.3 is 0 Å². The zero-order valence-corrected chi connectivity index (χ0v) is 16.8. The first-order chi connectivity index (χ1) is 13.0. The molecule has 0 radical (unpaired) electrons. The summed E-state index contributed by atoms with van der Waals surface area (Å²) in [6.45, 7) is 1.39. The van der Waals surface area contributed by atoms with Crippen molar-refractivity contribution in [2.75, 3.05) is 46.3 Å². The molecule has 7 heteroatoms. The Kier molecular flexibility index (Phi) is 5.93. The molecule has 2 aromatic carbocycles. The first kappa shape index (κ1) is 19.1. The molecule has 0 spiro atoms. The lowest BCUT2D eigenvalue weighted by atomic mass is 10.2. The highest BCUT2D eigenvalue weighted by Crippen LogP contribution is 2.34. The maximum absolute atomic E-state index is 13.2. The number of methoxy groups -OCH3 is 2. The van der Waals surface area contributed by atoms with Gasteiger partial charge in [0.2, 0.25) is 0 Å². The molecule has 0 aliphatic heterocycles. The van der Waals surface area contributed by atoms with Crippen LogP contribution in [0.4, 0.5) is 5.13 Å². The summed E-state index contributed by atoms with van der Waals surface area (Å²) in [7, 11) is 7.37. The predicted octanol–water partition coefficient (Wildman–Crippen LogP) is 2.10. The van der Waals surface area contributed by atoms with Crippen LogP contribution in [0.1, 0.15) is 10.4 Å². The van der Waals surface area contributed by atoms with E-state index < -0.39 is 0 Å². The van der Waals surface area contributed by atoms with Crippen LogP contribution in [0.5, 0.6) is 11.5 Å². The number of quaternary nitrogens is 1. The molecule has 0 bridgehead atoms. The van der Waals surface area contributed by atoms with Crippen LogP contribution in [-0.2, 0) is 0 Å². The van der Waals surface area contributed by atoms with Crippen molar-refractivity contribution in [3.05, 3.63) is 48.0 Å². The third-order valence-electron chi connectivity index (χ3n) is 4.24. The summed E-state index contributed by atoms with van der Waals surface area (Å²) >= 11 is 1.50. The van der Waals surface area contributed by atoms with Crippen molar-refractivity contribution in [3.63, 3.8) is 0 Å². The van der Waals surface area contributed by atoms with Crippen LogP contribution in [0.15, 0.2) is 42.5 Å². The van der Waals surface area contributed by atoms with Crippen LogP contribution in [0, 0.1) is 0 Å². The molecular weight excluding hydrogens is 362 g/mol. The Morgan fingerprint density at radius 2 is 1.85 bits per heavy atom. The van der Waals surface area contributed by atoms with E-state index in [-0.39, 0.29) is 5.91 Å². The molecule has 0 unspecified atom stereocenters. The van der Waals surface area contributed by atoms with Gasteiger partial charge in [-0.05, 0) is 36.4 Å². The number of hydrogen-bond donors (Lipinski definition) is 1. The fourth-order valence-corrected chi connectivity index (χ4v) is 3.71. The van der Waals surface area contributed by atoms with Crippen molar-refractivity contribution in [3.8, 4) is 11.5 Å². The minimum Gasteiger partial charge on any atom is -0.497 e. The van der Waals surface area contributed by atoms with Crippen LogP contribution < -0.4 is 19.3 Å². The number of hydrogen-bond acceptors (Lipinski definition) is 5. The summed E-state index contributed by atoms with van der Waals surface area (Å²) in [5.41, 5.74) is 1.39. The van der Waals surface area contributed by atoms with Crippen molar-refractivity contribution < 1.29 is 19.2 Å². The molecule has 0 saturated heterocycles. The van der Waals surface area contributed by atoms with E-state index in [1.807, 2.05) is 18.2 Å². The van der Waals surface area contributed by atoms with Crippen molar-refractivity contribution in [1.29, 1.82) is 0 Å². The number of para-hydroxylation sites is 1. The van der Waals surface area contributed by atoms with Gasteiger partial charge in [-0.3, -0.25) is 9.69 Å². The Morgan fingerprint density at radius 1 is 1.11 bits per heavy atom. The fraction of sp³-hybridized carbons (Fsp3) is 0.300. The van der Waals surface area contributed by atoms with Gasteiger partial charge in [-0.15, -0.1) is 0 Å². The first-order valence-electron chi connectivity index (χ1n) is 8.72. The van der Waals surface area contributed by atoms with Crippen LogP contribution >= 0.6 is 11.3 Å². The number of nitrogens with zero attached hydrogens (tertiary/aromatic N) is 2. The number of likely N-dealkylation sites (N-methyl/N-ethyl adjacent to an activating group) is 1. The molecular formula is C20H24N3O3S+. The lowest BCUT2D eigenvalue weighted by Gasteiger charge is -2.20. The molecule has 6 nitrogen and oxygen atoms in total. The second-order valence-electron chi connectivity index (χ2n) is 6.45. The maximum atomic E-state index is 13.2. The Bertz CT molecular complexity index is 922. The molecule has 3 rings (SSSR count). The third-order valence-corrected chi connectivity index (χ3v) is 5.28. The van der Waals surface area contributed by atoms with Gasteiger partial charge in [0, 0.05) is 5.56 Å². The SMILES string of the molecule is COc1ccc(C(=O)N(CC[NH+](C)C)c2nc3c(OC)cccc3s2)cc1. The van der Waals surface area contributed by atoms with Crippen molar-refractivity contribution in [1.82, 2.24) is 4.98 Å². The number of ether oxygens (including phenoxy) is 2. The maximum Gasteiger partial charge on any atom is 0.260 e. The first-order valence-corrected chi connectivity index (χ1v) is 9.53. The number of thiazole rings is 1. The summed E-state index contributed by atoms with van der Waals surface area (Å²) < 4.78 is 11.6. The number of amides is 1. The molecule has 0 atom stereocenters. The number of rotatable bonds is 7. The summed E-state index contributed by atoms with van der Waals surface area (Å²) in [6.07, 6.45) is 0. The highest BCUT2D eigenvalue weighted by Gasteiger charge is 2.23. The van der Waals surface area contributed by atoms with Gasteiger partial charge in [0.15, 0.2) is 5.13 Å². The normalized spacial score (nSPS) is 11.0. The Morgan fingerprint density at radius 3 is 2.48 bits per heavy atom. The van der Waals surface area contributed by atoms with E-state index in [1.54, 1.807) is 43.4 Å². The topological polar surface area (TPSA) is 56.1 Å². The van der Waals surface area contributed by atoms with Crippen LogP contribution in [-0.4, -0.2) is 52.3 Å². The van der Waals surface area contributed by atoms with Gasteiger partial charge in [-0.1, -0.05) is 17.4 Å². The molecule has 1 amide bonds. The summed E-state index contributed by atoms with van der Waals surface area (Å²) in [5, 5.41) is 0.677. The number of aromatic nitrogens is 1. The number of fused-ring (bicyclic) bond motifs is 1. The van der Waals surface area contributed by atoms with E-state index in [0.29, 0.717) is 23.0 Å². The van der Waals surface area contributed by atoms with Gasteiger partial charge in [0.25, 0.3) is 5.91 Å². The zero-order valence-electron chi connectivity index (χ0n) is 16.0. The van der Waals surface area contributed by atoms with E-state index in [4.69, 9.17) is 14.5 Å². The van der Waals surface area contributed by atoms with Crippen LogP contribution in [0.2, 0.25) is 0 Å². The Balaban J connectivity index is 1.98. The zero-order chi connectivity index (χ0) is 19.4. The third kappa shape index (κ3) is 4.20. The molecule has 1 N–H and O–H groups in total. The van der Waals surface area contributed by atoms with Crippen molar-refractivity contribution in [2.45, 2.75) is 0 Å². The van der Waals surface area contributed by atoms with Crippen LogP contribution in [0.25, 0.3) is 10.2 Å². The Labute approximate surface area is 162 Å². The quantitative estimate of drug-likeness (QED) is 0.676. The molecule has 27 heavy (non-hydrogen) atoms. The average Bonchev–Trinajstić information content (AvgIpc) is 3.11. The van der Waals surface area contributed by atoms with Crippen molar-refractivity contribution in [2.24, 2.45) is 0 Å². The summed E-state index contributed by atoms with van der Waals surface area (Å²) in [4.78, 5) is 20.9. The molecule has 3 aromatic rings. The second kappa shape index (κ2) is 8.37. The van der Waals surface area contributed by atoms with E-state index in [9.17, 15) is 4.79 Å². The summed E-state index contributed by atoms with van der Waals surface area (Å²) in [6, 6.07) is 13.0. The molecule has 0 aliphatic carbocycles. The van der Waals surface area contributed by atoms with Gasteiger partial charge in [-0.25, -0.2) is 4.98 Å². The second-order valence-corrected chi connectivity index (χ2v) is 7.45. The molecule has 1 aromatic heterocycles. The number of carbonyl (C=O) groups excluding carboxylic acids is 1. The lowest BCUT2D eigenvalue weighted by molar-refractivity contribution is -0.856. The van der Waals surface area contributed by atoms with Crippen LogP contribution in [0.3, 0.4) is 0 Å². The Hall–Kier alpha value is -2.64. The largest absolute Gasteiger partial charge is 0.497 e. The predicted molar refractivity (Wildman–Crippen MR) is 109 cm³/mol. The van der Waals surface area contributed by atoms with Gasteiger partial charge in [0.05, 0.1) is 46.1 Å². The van der Waals surface area contributed by atoms with Gasteiger partial charge in [0.1, 0.15) is 17.0 Å². The molecule has 0 saturated carbocycles. The van der Waals surface area contributed by atoms with Crippen molar-refractivity contribution >= 4 is 32.6 Å². The van der Waals surface area contributed by atoms with E-state index in [0.717, 1.165) is 22.5 Å². The highest BCUT2D eigenvalue weighted by atomic mass is 32.1. The number of benzene rings is 2. The monoisotopic (exact) mass is 386 g/mol. The van der Waals surface area contributed by atoms with Gasteiger partial charge < -0.3 is 14.4 Å². The lowest BCUT2D eigenvalue weighted by Crippen LogP contribution is -3.06. The van der Waals surface area contributed by atoms with E-state index in [1.165, 1.54) is 16.2 Å². The standard InChI is InChI=1S/C20H23N3O3S/c1-22(2)12-13-23(19(24)14-8-10-15(25-3)11-9-14)20-21-18-16(26-4)6-5-7-17(18)27-20/h5-11H,12-13H2,1-4H3/p+1. The van der Waals surface area contributed by atoms with E-state index >= 15 is 0 Å². The fourth-order valence-electron chi connectivity index (χ4n) is 2.70. The van der Waals surface area contributed by atoms with E-state index in [2.05, 4.69) is 14.1 Å². The average molecular weight is 386 g/mol. The smallest absolute Gasteiger partial charge is 0.260 e. The number of anilines is 1. The number of nitrogens with one attached hydrogen (secondary N) is 1.